The minimum absolute atomic E-state index is 0.0656. The maximum absolute atomic E-state index is 11.9. The monoisotopic (exact) mass is 288 g/mol. The lowest BCUT2D eigenvalue weighted by atomic mass is 10.1. The summed E-state index contributed by atoms with van der Waals surface area (Å²) in [4.78, 5) is 23.2. The summed E-state index contributed by atoms with van der Waals surface area (Å²) in [6.45, 7) is 0.0656. The van der Waals surface area contributed by atoms with E-state index in [0.717, 1.165) is 18.4 Å². The lowest BCUT2D eigenvalue weighted by molar-refractivity contribution is -0.121. The molecule has 1 aromatic carbocycles. The van der Waals surface area contributed by atoms with Gasteiger partial charge in [-0.15, -0.1) is 0 Å². The smallest absolute Gasteiger partial charge is 0.262 e. The van der Waals surface area contributed by atoms with Crippen LogP contribution in [-0.2, 0) is 16.0 Å². The second-order valence-corrected chi connectivity index (χ2v) is 5.72. The van der Waals surface area contributed by atoms with Crippen LogP contribution in [-0.4, -0.2) is 24.5 Å². The number of hydrogen-bond acceptors (Lipinski definition) is 3. The molecule has 2 N–H and O–H groups in total. The number of nitrogens with one attached hydrogen (secondary N) is 2. The zero-order valence-electron chi connectivity index (χ0n) is 12.0. The van der Waals surface area contributed by atoms with E-state index in [2.05, 4.69) is 10.6 Å². The molecule has 0 atom stereocenters. The standard InChI is InChI=1S/C16H20N2O3/c19-15(17-12-3-1-2-4-12)8-6-11-5-7-14-13(9-11)18-16(20)10-21-14/h5,7,9,12H,1-4,6,8,10H2,(H,17,19)(H,18,20). The normalized spacial score (nSPS) is 17.8. The molecule has 0 aromatic heterocycles. The molecule has 0 saturated heterocycles. The molecule has 0 spiro atoms. The van der Waals surface area contributed by atoms with Crippen molar-refractivity contribution in [2.75, 3.05) is 11.9 Å². The summed E-state index contributed by atoms with van der Waals surface area (Å²) >= 11 is 0. The van der Waals surface area contributed by atoms with Crippen LogP contribution in [0.3, 0.4) is 0 Å². The van der Waals surface area contributed by atoms with Crippen LogP contribution in [0.25, 0.3) is 0 Å². The first-order chi connectivity index (χ1) is 10.2. The average Bonchev–Trinajstić information content (AvgIpc) is 2.97. The summed E-state index contributed by atoms with van der Waals surface area (Å²) < 4.78 is 5.31. The first-order valence-electron chi connectivity index (χ1n) is 7.55. The first kappa shape index (κ1) is 13.9. The number of hydrogen-bond donors (Lipinski definition) is 2. The van der Waals surface area contributed by atoms with Crippen molar-refractivity contribution in [3.8, 4) is 5.75 Å². The van der Waals surface area contributed by atoms with Gasteiger partial charge in [0.15, 0.2) is 6.61 Å². The minimum atomic E-state index is -0.140. The Kier molecular flexibility index (Phi) is 4.08. The third-order valence-electron chi connectivity index (χ3n) is 4.04. The van der Waals surface area contributed by atoms with Crippen LogP contribution >= 0.6 is 0 Å². The van der Waals surface area contributed by atoms with Crippen molar-refractivity contribution in [1.29, 1.82) is 0 Å². The van der Waals surface area contributed by atoms with E-state index in [1.165, 1.54) is 12.8 Å². The molecular formula is C16H20N2O3. The van der Waals surface area contributed by atoms with Gasteiger partial charge in [0.05, 0.1) is 5.69 Å². The summed E-state index contributed by atoms with van der Waals surface area (Å²) in [5, 5.41) is 5.87. The third-order valence-corrected chi connectivity index (χ3v) is 4.04. The molecule has 1 saturated carbocycles. The van der Waals surface area contributed by atoms with Gasteiger partial charge >= 0.3 is 0 Å². The number of anilines is 1. The van der Waals surface area contributed by atoms with E-state index in [-0.39, 0.29) is 18.4 Å². The molecular weight excluding hydrogens is 268 g/mol. The number of rotatable bonds is 4. The maximum Gasteiger partial charge on any atom is 0.262 e. The van der Waals surface area contributed by atoms with Gasteiger partial charge in [-0.05, 0) is 37.0 Å². The van der Waals surface area contributed by atoms with Gasteiger partial charge in [-0.3, -0.25) is 9.59 Å². The first-order valence-corrected chi connectivity index (χ1v) is 7.55. The van der Waals surface area contributed by atoms with E-state index in [9.17, 15) is 9.59 Å². The van der Waals surface area contributed by atoms with Crippen LogP contribution in [0.4, 0.5) is 5.69 Å². The van der Waals surface area contributed by atoms with Gasteiger partial charge in [0.1, 0.15) is 5.75 Å². The second kappa shape index (κ2) is 6.16. The van der Waals surface area contributed by atoms with E-state index in [4.69, 9.17) is 4.74 Å². The molecule has 2 amide bonds. The minimum Gasteiger partial charge on any atom is -0.482 e. The fourth-order valence-corrected chi connectivity index (χ4v) is 2.91. The highest BCUT2D eigenvalue weighted by Crippen LogP contribution is 2.28. The molecule has 5 nitrogen and oxygen atoms in total. The SMILES string of the molecule is O=C1COc2ccc(CCC(=O)NC3CCCC3)cc2N1. The van der Waals surface area contributed by atoms with Gasteiger partial charge in [-0.25, -0.2) is 0 Å². The Morgan fingerprint density at radius 3 is 2.95 bits per heavy atom. The van der Waals surface area contributed by atoms with Crippen LogP contribution in [0.2, 0.25) is 0 Å². The largest absolute Gasteiger partial charge is 0.482 e. The molecule has 1 aliphatic carbocycles. The summed E-state index contributed by atoms with van der Waals surface area (Å²) in [5.41, 5.74) is 1.72. The molecule has 1 heterocycles. The van der Waals surface area contributed by atoms with Crippen LogP contribution in [0.5, 0.6) is 5.75 Å². The van der Waals surface area contributed by atoms with Crippen LogP contribution < -0.4 is 15.4 Å². The average molecular weight is 288 g/mol. The van der Waals surface area contributed by atoms with Crippen molar-refractivity contribution in [2.24, 2.45) is 0 Å². The van der Waals surface area contributed by atoms with E-state index >= 15 is 0 Å². The molecule has 2 aliphatic rings. The lowest BCUT2D eigenvalue weighted by Gasteiger charge is -2.18. The number of aryl methyl sites for hydroxylation is 1. The molecule has 5 heteroatoms. The molecule has 3 rings (SSSR count). The highest BCUT2D eigenvalue weighted by atomic mass is 16.5. The summed E-state index contributed by atoms with van der Waals surface area (Å²) in [6, 6.07) is 6.04. The van der Waals surface area contributed by atoms with Crippen molar-refractivity contribution in [2.45, 2.75) is 44.6 Å². The highest BCUT2D eigenvalue weighted by Gasteiger charge is 2.18. The maximum atomic E-state index is 11.9. The van der Waals surface area contributed by atoms with Crippen LogP contribution in [0.1, 0.15) is 37.7 Å². The molecule has 1 aromatic rings. The topological polar surface area (TPSA) is 67.4 Å². The van der Waals surface area contributed by atoms with Gasteiger partial charge in [0.25, 0.3) is 5.91 Å². The predicted octanol–water partition coefficient (Wildman–Crippen LogP) is 2.01. The molecule has 1 aliphatic heterocycles. The van der Waals surface area contributed by atoms with Crippen LogP contribution in [0.15, 0.2) is 18.2 Å². The van der Waals surface area contributed by atoms with Gasteiger partial charge in [0.2, 0.25) is 5.91 Å². The van der Waals surface area contributed by atoms with Gasteiger partial charge in [0, 0.05) is 12.5 Å². The molecule has 21 heavy (non-hydrogen) atoms. The number of ether oxygens (including phenoxy) is 1. The quantitative estimate of drug-likeness (QED) is 0.890. The van der Waals surface area contributed by atoms with Gasteiger partial charge in [-0.2, -0.15) is 0 Å². The summed E-state index contributed by atoms with van der Waals surface area (Å²) in [5.74, 6) is 0.660. The molecule has 0 radical (unpaired) electrons. The van der Waals surface area contributed by atoms with Gasteiger partial charge < -0.3 is 15.4 Å². The third kappa shape index (κ3) is 3.54. The fourth-order valence-electron chi connectivity index (χ4n) is 2.91. The fraction of sp³-hybridized carbons (Fsp3) is 0.500. The number of fused-ring (bicyclic) bond motifs is 1. The Morgan fingerprint density at radius 2 is 2.14 bits per heavy atom. The Morgan fingerprint density at radius 1 is 1.33 bits per heavy atom. The zero-order chi connectivity index (χ0) is 14.7. The Hall–Kier alpha value is -2.04. The Labute approximate surface area is 124 Å². The van der Waals surface area contributed by atoms with Crippen molar-refractivity contribution in [3.05, 3.63) is 23.8 Å². The number of carbonyl (C=O) groups is 2. The molecule has 1 fully saturated rings. The Bertz CT molecular complexity index is 550. The van der Waals surface area contributed by atoms with Crippen LogP contribution in [0, 0.1) is 0 Å². The molecule has 0 unspecified atom stereocenters. The summed E-state index contributed by atoms with van der Waals surface area (Å²) in [6.07, 6.45) is 5.79. The highest BCUT2D eigenvalue weighted by molar-refractivity contribution is 5.95. The van der Waals surface area contributed by atoms with Crippen molar-refractivity contribution >= 4 is 17.5 Å². The number of amides is 2. The molecule has 0 bridgehead atoms. The van der Waals surface area contributed by atoms with Crippen molar-refractivity contribution in [1.82, 2.24) is 5.32 Å². The van der Waals surface area contributed by atoms with Crippen molar-refractivity contribution < 1.29 is 14.3 Å². The second-order valence-electron chi connectivity index (χ2n) is 5.72. The van der Waals surface area contributed by atoms with E-state index in [1.54, 1.807) is 0 Å². The van der Waals surface area contributed by atoms with Gasteiger partial charge in [-0.1, -0.05) is 18.9 Å². The number of benzene rings is 1. The van der Waals surface area contributed by atoms with E-state index in [0.29, 0.717) is 30.3 Å². The van der Waals surface area contributed by atoms with Crippen molar-refractivity contribution in [3.63, 3.8) is 0 Å². The lowest BCUT2D eigenvalue weighted by Crippen LogP contribution is -2.32. The van der Waals surface area contributed by atoms with E-state index in [1.807, 2.05) is 18.2 Å². The Balaban J connectivity index is 1.54. The predicted molar refractivity (Wildman–Crippen MR) is 79.3 cm³/mol. The van der Waals surface area contributed by atoms with E-state index < -0.39 is 0 Å². The number of carbonyl (C=O) groups excluding carboxylic acids is 2. The zero-order valence-corrected chi connectivity index (χ0v) is 12.0. The summed E-state index contributed by atoms with van der Waals surface area (Å²) in [7, 11) is 0. The molecule has 112 valence electrons.